The zero-order valence-corrected chi connectivity index (χ0v) is 14.9. The second kappa shape index (κ2) is 8.77. The van der Waals surface area contributed by atoms with E-state index in [4.69, 9.17) is 9.47 Å². The summed E-state index contributed by atoms with van der Waals surface area (Å²) in [4.78, 5) is 22.8. The molecule has 0 bridgehead atoms. The number of carbonyl (C=O) groups is 2. The Balaban J connectivity index is 1.52. The van der Waals surface area contributed by atoms with E-state index < -0.39 is 0 Å². The molecule has 2 fully saturated rings. The van der Waals surface area contributed by atoms with Crippen molar-refractivity contribution >= 4 is 12.3 Å². The van der Waals surface area contributed by atoms with Crippen LogP contribution in [0.1, 0.15) is 44.9 Å². The maximum atomic E-state index is 11.7. The number of rotatable bonds is 7. The smallest absolute Gasteiger partial charge is 0.305 e. The van der Waals surface area contributed by atoms with Crippen LogP contribution in [0.25, 0.3) is 0 Å². The second-order valence-electron chi connectivity index (χ2n) is 7.21. The third kappa shape index (κ3) is 4.59. The maximum absolute atomic E-state index is 11.7. The van der Waals surface area contributed by atoms with Crippen LogP contribution in [0.4, 0.5) is 0 Å². The molecule has 0 spiro atoms. The van der Waals surface area contributed by atoms with Gasteiger partial charge in [0, 0.05) is 18.9 Å². The summed E-state index contributed by atoms with van der Waals surface area (Å²) in [5.41, 5.74) is 1.26. The molecular weight excluding hydrogens is 320 g/mol. The molecule has 5 nitrogen and oxygen atoms in total. The molecule has 138 valence electrons. The molecule has 25 heavy (non-hydrogen) atoms. The van der Waals surface area contributed by atoms with Gasteiger partial charge in [0.2, 0.25) is 0 Å². The molecule has 0 amide bonds. The lowest BCUT2D eigenvalue weighted by molar-refractivity contribution is -0.194. The molecule has 3 rings (SSSR count). The van der Waals surface area contributed by atoms with Crippen molar-refractivity contribution < 1.29 is 23.8 Å². The Bertz CT molecular complexity index is 532. The summed E-state index contributed by atoms with van der Waals surface area (Å²) in [6, 6.07) is 0. The minimum atomic E-state index is -0.187. The Morgan fingerprint density at radius 1 is 1.40 bits per heavy atom. The molecule has 1 saturated heterocycles. The fraction of sp³-hybridized carbons (Fsp3) is 0.700. The molecule has 1 heterocycles. The van der Waals surface area contributed by atoms with Gasteiger partial charge in [0.1, 0.15) is 6.29 Å². The van der Waals surface area contributed by atoms with E-state index in [-0.39, 0.29) is 24.3 Å². The third-order valence-electron chi connectivity index (χ3n) is 5.57. The highest BCUT2D eigenvalue weighted by Gasteiger charge is 2.46. The van der Waals surface area contributed by atoms with Gasteiger partial charge in [-0.05, 0) is 50.4 Å². The van der Waals surface area contributed by atoms with Crippen molar-refractivity contribution in [2.75, 3.05) is 13.7 Å². The van der Waals surface area contributed by atoms with Gasteiger partial charge in [0.25, 0.3) is 0 Å². The second-order valence-corrected chi connectivity index (χ2v) is 7.21. The number of carbonyl (C=O) groups excluding carboxylic acids is 2. The third-order valence-corrected chi connectivity index (χ3v) is 5.57. The Morgan fingerprint density at radius 2 is 2.28 bits per heavy atom. The average molecular weight is 348 g/mol. The van der Waals surface area contributed by atoms with Gasteiger partial charge in [0.15, 0.2) is 6.29 Å². The fourth-order valence-corrected chi connectivity index (χ4v) is 4.27. The minimum absolute atomic E-state index is 0.0169. The Hall–Kier alpha value is -1.46. The standard InChI is InChI=1S/C20H28O5/c1-23-19(22)7-3-2-6-14-10-15-12-18(17(13-21)16(15)11-14)25-20-8-4-5-9-24-20/h2,6,10,13,15-18,20H,3-5,7-9,11-12H2,1H3/t15-,16-,17+,18+,20?/m0/s1. The average Bonchev–Trinajstić information content (AvgIpc) is 3.16. The van der Waals surface area contributed by atoms with E-state index in [2.05, 4.69) is 16.9 Å². The van der Waals surface area contributed by atoms with Crippen LogP contribution in [0.3, 0.4) is 0 Å². The van der Waals surface area contributed by atoms with Gasteiger partial charge < -0.3 is 19.0 Å². The SMILES string of the molecule is COC(=O)CCC=CC1=C[C@H]2C[C@@H](OC3CCCCO3)[C@H](C=O)[C@H]2C1. The van der Waals surface area contributed by atoms with Crippen molar-refractivity contribution in [3.63, 3.8) is 0 Å². The summed E-state index contributed by atoms with van der Waals surface area (Å²) < 4.78 is 16.4. The van der Waals surface area contributed by atoms with Gasteiger partial charge in [-0.1, -0.05) is 23.8 Å². The van der Waals surface area contributed by atoms with Crippen LogP contribution in [-0.2, 0) is 23.8 Å². The van der Waals surface area contributed by atoms with Crippen molar-refractivity contribution in [2.24, 2.45) is 17.8 Å². The molecule has 3 aliphatic rings. The van der Waals surface area contributed by atoms with Gasteiger partial charge in [-0.15, -0.1) is 0 Å². The zero-order valence-electron chi connectivity index (χ0n) is 14.9. The molecule has 2 aliphatic carbocycles. The van der Waals surface area contributed by atoms with Gasteiger partial charge in [0.05, 0.1) is 13.2 Å². The van der Waals surface area contributed by atoms with E-state index in [0.29, 0.717) is 24.7 Å². The monoisotopic (exact) mass is 348 g/mol. The van der Waals surface area contributed by atoms with Crippen LogP contribution < -0.4 is 0 Å². The van der Waals surface area contributed by atoms with Crippen LogP contribution in [0.15, 0.2) is 23.8 Å². The van der Waals surface area contributed by atoms with E-state index in [1.54, 1.807) is 0 Å². The number of allylic oxidation sites excluding steroid dienone is 4. The fourth-order valence-electron chi connectivity index (χ4n) is 4.27. The molecule has 1 saturated carbocycles. The van der Waals surface area contributed by atoms with E-state index in [1.807, 2.05) is 6.08 Å². The molecule has 0 aromatic heterocycles. The Kier molecular flexibility index (Phi) is 6.43. The number of esters is 1. The summed E-state index contributed by atoms with van der Waals surface area (Å²) in [5, 5.41) is 0. The molecule has 0 aromatic rings. The van der Waals surface area contributed by atoms with E-state index in [0.717, 1.165) is 45.0 Å². The maximum Gasteiger partial charge on any atom is 0.305 e. The zero-order chi connectivity index (χ0) is 17.6. The quantitative estimate of drug-likeness (QED) is 0.522. The minimum Gasteiger partial charge on any atom is -0.469 e. The highest BCUT2D eigenvalue weighted by Crippen LogP contribution is 2.47. The van der Waals surface area contributed by atoms with Crippen LogP contribution in [-0.4, -0.2) is 38.4 Å². The van der Waals surface area contributed by atoms with E-state index in [1.165, 1.54) is 12.7 Å². The molecular formula is C20H28O5. The number of ether oxygens (including phenoxy) is 3. The first-order valence-corrected chi connectivity index (χ1v) is 9.37. The number of aldehydes is 1. The van der Waals surface area contributed by atoms with Crippen LogP contribution in [0, 0.1) is 17.8 Å². The first-order valence-electron chi connectivity index (χ1n) is 9.37. The van der Waals surface area contributed by atoms with E-state index >= 15 is 0 Å². The lowest BCUT2D eigenvalue weighted by Crippen LogP contribution is -2.32. The predicted octanol–water partition coefficient (Wildman–Crippen LogP) is 3.19. The summed E-state index contributed by atoms with van der Waals surface area (Å²) in [6.07, 6.45) is 13.4. The first-order chi connectivity index (χ1) is 12.2. The van der Waals surface area contributed by atoms with Crippen LogP contribution in [0.2, 0.25) is 0 Å². The summed E-state index contributed by atoms with van der Waals surface area (Å²) in [5.74, 6) is 0.510. The van der Waals surface area contributed by atoms with Gasteiger partial charge in [-0.2, -0.15) is 0 Å². The number of hydrogen-bond acceptors (Lipinski definition) is 5. The van der Waals surface area contributed by atoms with E-state index in [9.17, 15) is 9.59 Å². The lowest BCUT2D eigenvalue weighted by atomic mass is 9.91. The molecule has 0 aromatic carbocycles. The van der Waals surface area contributed by atoms with Crippen LogP contribution >= 0.6 is 0 Å². The molecule has 1 unspecified atom stereocenters. The molecule has 1 aliphatic heterocycles. The normalized spacial score (nSPS) is 34.8. The highest BCUT2D eigenvalue weighted by atomic mass is 16.7. The van der Waals surface area contributed by atoms with Crippen molar-refractivity contribution in [1.29, 1.82) is 0 Å². The molecule has 5 heteroatoms. The topological polar surface area (TPSA) is 61.8 Å². The van der Waals surface area contributed by atoms with Crippen molar-refractivity contribution in [2.45, 2.75) is 57.3 Å². The molecule has 5 atom stereocenters. The van der Waals surface area contributed by atoms with Crippen LogP contribution in [0.5, 0.6) is 0 Å². The predicted molar refractivity (Wildman–Crippen MR) is 92.7 cm³/mol. The van der Waals surface area contributed by atoms with Gasteiger partial charge in [-0.3, -0.25) is 4.79 Å². The summed E-state index contributed by atoms with van der Waals surface area (Å²) in [6.45, 7) is 0.760. The van der Waals surface area contributed by atoms with Crippen molar-refractivity contribution in [1.82, 2.24) is 0 Å². The summed E-state index contributed by atoms with van der Waals surface area (Å²) in [7, 11) is 1.41. The Morgan fingerprint density at radius 3 is 3.00 bits per heavy atom. The lowest BCUT2D eigenvalue weighted by Gasteiger charge is -2.28. The van der Waals surface area contributed by atoms with Gasteiger partial charge in [-0.25, -0.2) is 0 Å². The van der Waals surface area contributed by atoms with Crippen molar-refractivity contribution in [3.05, 3.63) is 23.8 Å². The highest BCUT2D eigenvalue weighted by molar-refractivity contribution is 5.69. The number of fused-ring (bicyclic) bond motifs is 1. The largest absolute Gasteiger partial charge is 0.469 e. The van der Waals surface area contributed by atoms with Gasteiger partial charge >= 0.3 is 5.97 Å². The van der Waals surface area contributed by atoms with Crippen molar-refractivity contribution in [3.8, 4) is 0 Å². The summed E-state index contributed by atoms with van der Waals surface area (Å²) >= 11 is 0. The first kappa shape index (κ1) is 18.3. The number of hydrogen-bond donors (Lipinski definition) is 0. The Labute approximate surface area is 149 Å². The molecule has 0 N–H and O–H groups in total. The number of methoxy groups -OCH3 is 1. The molecule has 0 radical (unpaired) electrons.